The Kier molecular flexibility index (Phi) is 4.90. The first-order valence-corrected chi connectivity index (χ1v) is 11.8. The van der Waals surface area contributed by atoms with Gasteiger partial charge in [0.1, 0.15) is 0 Å². The van der Waals surface area contributed by atoms with Crippen molar-refractivity contribution in [3.05, 3.63) is 70.8 Å². The molecule has 2 aliphatic heterocycles. The van der Waals surface area contributed by atoms with Crippen molar-refractivity contribution < 1.29 is 13.2 Å². The molecule has 1 fully saturated rings. The van der Waals surface area contributed by atoms with Gasteiger partial charge in [-0.3, -0.25) is 0 Å². The minimum Gasteiger partial charge on any atom is -0.379 e. The third-order valence-corrected chi connectivity index (χ3v) is 8.42. The number of sulfonamides is 1. The average Bonchev–Trinajstić information content (AvgIpc) is 3.25. The van der Waals surface area contributed by atoms with Gasteiger partial charge in [-0.25, -0.2) is 8.42 Å². The second-order valence-electron chi connectivity index (χ2n) is 7.77. The van der Waals surface area contributed by atoms with E-state index < -0.39 is 10.0 Å². The topological polar surface area (TPSA) is 58.6 Å². The fourth-order valence-corrected chi connectivity index (χ4v) is 6.34. The van der Waals surface area contributed by atoms with Crippen LogP contribution in [0.2, 0.25) is 5.02 Å². The van der Waals surface area contributed by atoms with E-state index in [0.29, 0.717) is 43.0 Å². The zero-order valence-electron chi connectivity index (χ0n) is 15.9. The zero-order chi connectivity index (χ0) is 20.0. The summed E-state index contributed by atoms with van der Waals surface area (Å²) in [6.45, 7) is 1.69. The Hall–Kier alpha value is -1.86. The Labute approximate surface area is 176 Å². The highest BCUT2D eigenvalue weighted by Gasteiger charge is 2.38. The molecule has 1 saturated heterocycles. The molecule has 1 N–H and O–H groups in total. The molecule has 2 heterocycles. The van der Waals surface area contributed by atoms with E-state index in [0.717, 1.165) is 22.7 Å². The number of morpholine rings is 1. The van der Waals surface area contributed by atoms with Gasteiger partial charge in [-0.2, -0.15) is 4.31 Å². The summed E-state index contributed by atoms with van der Waals surface area (Å²) in [4.78, 5) is 0.332. The van der Waals surface area contributed by atoms with Gasteiger partial charge in [0.05, 0.1) is 34.9 Å². The quantitative estimate of drug-likeness (QED) is 0.742. The third kappa shape index (κ3) is 3.28. The van der Waals surface area contributed by atoms with Crippen molar-refractivity contribution >= 4 is 27.3 Å². The molecule has 7 heteroatoms. The van der Waals surface area contributed by atoms with Crippen LogP contribution >= 0.6 is 11.6 Å². The van der Waals surface area contributed by atoms with Crippen LogP contribution in [0.4, 0.5) is 5.69 Å². The van der Waals surface area contributed by atoms with Crippen LogP contribution in [0.5, 0.6) is 0 Å². The van der Waals surface area contributed by atoms with Crippen molar-refractivity contribution in [2.24, 2.45) is 5.92 Å². The molecule has 0 bridgehead atoms. The second-order valence-corrected chi connectivity index (χ2v) is 10.1. The van der Waals surface area contributed by atoms with Gasteiger partial charge >= 0.3 is 0 Å². The van der Waals surface area contributed by atoms with E-state index in [1.165, 1.54) is 9.87 Å². The summed E-state index contributed by atoms with van der Waals surface area (Å²) in [6.07, 6.45) is 5.49. The largest absolute Gasteiger partial charge is 0.379 e. The highest BCUT2D eigenvalue weighted by molar-refractivity contribution is 7.89. The van der Waals surface area contributed by atoms with E-state index in [4.69, 9.17) is 16.3 Å². The van der Waals surface area contributed by atoms with Crippen molar-refractivity contribution in [1.82, 2.24) is 4.31 Å². The van der Waals surface area contributed by atoms with Crippen LogP contribution in [-0.2, 0) is 14.8 Å². The van der Waals surface area contributed by atoms with Gasteiger partial charge in [0, 0.05) is 19.0 Å². The van der Waals surface area contributed by atoms with Crippen molar-refractivity contribution in [2.45, 2.75) is 23.3 Å². The highest BCUT2D eigenvalue weighted by Crippen LogP contribution is 2.51. The summed E-state index contributed by atoms with van der Waals surface area (Å²) < 4.78 is 32.6. The fraction of sp³-hybridized carbons (Fsp3) is 0.364. The number of para-hydroxylation sites is 1. The number of nitrogens with one attached hydrogen (secondary N) is 1. The Balaban J connectivity index is 1.45. The molecule has 0 aromatic heterocycles. The third-order valence-electron chi connectivity index (χ3n) is 6.19. The maximum Gasteiger partial charge on any atom is 0.243 e. The molecular weight excluding hydrogens is 408 g/mol. The number of fused-ring (bicyclic) bond motifs is 3. The molecule has 2 aromatic carbocycles. The molecule has 5 rings (SSSR count). The lowest BCUT2D eigenvalue weighted by Gasteiger charge is -2.38. The van der Waals surface area contributed by atoms with Gasteiger partial charge in [-0.05, 0) is 41.7 Å². The smallest absolute Gasteiger partial charge is 0.243 e. The molecule has 3 aliphatic rings. The van der Waals surface area contributed by atoms with Gasteiger partial charge < -0.3 is 10.1 Å². The first-order valence-electron chi connectivity index (χ1n) is 9.95. The van der Waals surface area contributed by atoms with E-state index in [1.54, 1.807) is 12.1 Å². The summed E-state index contributed by atoms with van der Waals surface area (Å²) in [6, 6.07) is 13.4. The van der Waals surface area contributed by atoms with E-state index in [-0.39, 0.29) is 6.04 Å². The van der Waals surface area contributed by atoms with Gasteiger partial charge in [0.2, 0.25) is 10.0 Å². The van der Waals surface area contributed by atoms with Crippen molar-refractivity contribution in [2.75, 3.05) is 31.6 Å². The van der Waals surface area contributed by atoms with Crippen LogP contribution in [0.15, 0.2) is 59.5 Å². The molecule has 5 nitrogen and oxygen atoms in total. The van der Waals surface area contributed by atoms with Crippen LogP contribution in [0.1, 0.15) is 29.5 Å². The predicted octanol–water partition coefficient (Wildman–Crippen LogP) is 4.19. The van der Waals surface area contributed by atoms with E-state index in [1.807, 2.05) is 24.3 Å². The Morgan fingerprint density at radius 3 is 2.59 bits per heavy atom. The molecule has 29 heavy (non-hydrogen) atoms. The van der Waals surface area contributed by atoms with E-state index >= 15 is 0 Å². The molecule has 3 atom stereocenters. The number of anilines is 1. The fourth-order valence-electron chi connectivity index (χ4n) is 4.70. The molecule has 0 spiro atoms. The molecule has 2 aromatic rings. The minimum absolute atomic E-state index is 0.0857. The number of nitrogens with zero attached hydrogens (tertiary/aromatic N) is 1. The Morgan fingerprint density at radius 1 is 1.07 bits per heavy atom. The molecule has 152 valence electrons. The van der Waals surface area contributed by atoms with Crippen LogP contribution in [0.3, 0.4) is 0 Å². The standard InChI is InChI=1S/C22H23ClN2O3S/c23-20-6-2-5-19-17-3-1-4-18(17)21(24-22(19)20)15-7-9-16(10-8-15)29(26,27)25-11-13-28-14-12-25/h1-3,5-10,17-18,21,24H,4,11-14H2/t17-,18+,21-/m1/s1. The number of benzene rings is 2. The van der Waals surface area contributed by atoms with Crippen molar-refractivity contribution in [1.29, 1.82) is 0 Å². The van der Waals surface area contributed by atoms with Crippen molar-refractivity contribution in [3.8, 4) is 0 Å². The first kappa shape index (κ1) is 19.1. The van der Waals surface area contributed by atoms with Gasteiger partial charge in [-0.15, -0.1) is 0 Å². The highest BCUT2D eigenvalue weighted by atomic mass is 35.5. The molecular formula is C22H23ClN2O3S. The molecule has 0 amide bonds. The number of hydrogen-bond donors (Lipinski definition) is 1. The zero-order valence-corrected chi connectivity index (χ0v) is 17.5. The SMILES string of the molecule is O=S(=O)(c1ccc([C@H]2Nc3c(Cl)cccc3[C@@H]3C=CC[C@H]23)cc1)N1CCOCC1. The van der Waals surface area contributed by atoms with Gasteiger partial charge in [0.25, 0.3) is 0 Å². The maximum atomic E-state index is 12.9. The van der Waals surface area contributed by atoms with E-state index in [9.17, 15) is 8.42 Å². The number of allylic oxidation sites excluding steroid dienone is 2. The molecule has 0 radical (unpaired) electrons. The normalized spacial score (nSPS) is 26.6. The van der Waals surface area contributed by atoms with Crippen LogP contribution in [0.25, 0.3) is 0 Å². The lowest BCUT2D eigenvalue weighted by molar-refractivity contribution is 0.0730. The summed E-state index contributed by atoms with van der Waals surface area (Å²) >= 11 is 6.47. The number of rotatable bonds is 3. The second kappa shape index (κ2) is 7.43. The van der Waals surface area contributed by atoms with Gasteiger partial charge in [-0.1, -0.05) is 48.0 Å². The monoisotopic (exact) mass is 430 g/mol. The Morgan fingerprint density at radius 2 is 1.83 bits per heavy atom. The van der Waals surface area contributed by atoms with E-state index in [2.05, 4.69) is 23.5 Å². The van der Waals surface area contributed by atoms with Gasteiger partial charge in [0.15, 0.2) is 0 Å². The summed E-state index contributed by atoms with van der Waals surface area (Å²) in [5, 5.41) is 4.35. The number of ether oxygens (including phenoxy) is 1. The summed E-state index contributed by atoms with van der Waals surface area (Å²) in [5.74, 6) is 0.717. The molecule has 0 saturated carbocycles. The molecule has 1 aliphatic carbocycles. The lowest BCUT2D eigenvalue weighted by Crippen LogP contribution is -2.40. The summed E-state index contributed by atoms with van der Waals surface area (Å²) in [7, 11) is -3.48. The summed E-state index contributed by atoms with van der Waals surface area (Å²) in [5.41, 5.74) is 3.30. The first-order chi connectivity index (χ1) is 14.1. The molecule has 0 unspecified atom stereocenters. The van der Waals surface area contributed by atoms with Crippen LogP contribution in [-0.4, -0.2) is 39.0 Å². The maximum absolute atomic E-state index is 12.9. The van der Waals surface area contributed by atoms with Crippen molar-refractivity contribution in [3.63, 3.8) is 0 Å². The predicted molar refractivity (Wildman–Crippen MR) is 114 cm³/mol. The van der Waals surface area contributed by atoms with Crippen LogP contribution < -0.4 is 5.32 Å². The number of hydrogen-bond acceptors (Lipinski definition) is 4. The lowest BCUT2D eigenvalue weighted by atomic mass is 9.77. The number of halogens is 1. The Bertz CT molecular complexity index is 1050. The minimum atomic E-state index is -3.48. The average molecular weight is 431 g/mol. The van der Waals surface area contributed by atoms with Crippen LogP contribution in [0, 0.1) is 5.92 Å².